The van der Waals surface area contributed by atoms with Crippen LogP contribution in [0.4, 0.5) is 5.69 Å². The van der Waals surface area contributed by atoms with Gasteiger partial charge in [0.15, 0.2) is 0 Å². The Hall–Kier alpha value is -1.51. The summed E-state index contributed by atoms with van der Waals surface area (Å²) >= 11 is 0. The number of benzene rings is 1. The van der Waals surface area contributed by atoms with Crippen LogP contribution in [0, 0.1) is 0 Å². The van der Waals surface area contributed by atoms with Crippen LogP contribution >= 0.6 is 0 Å². The lowest BCUT2D eigenvalue weighted by atomic mass is 10.00. The predicted molar refractivity (Wildman–Crippen MR) is 77.6 cm³/mol. The molecule has 1 heterocycles. The Labute approximate surface area is 115 Å². The van der Waals surface area contributed by atoms with Crippen LogP contribution in [0.3, 0.4) is 0 Å². The number of anilines is 1. The first-order valence-electron chi connectivity index (χ1n) is 7.39. The Morgan fingerprint density at radius 3 is 2.84 bits per heavy atom. The van der Waals surface area contributed by atoms with Crippen LogP contribution in [-0.4, -0.2) is 30.4 Å². The fourth-order valence-electron chi connectivity index (χ4n) is 3.27. The zero-order valence-electron chi connectivity index (χ0n) is 11.6. The van der Waals surface area contributed by atoms with Gasteiger partial charge in [0.05, 0.1) is 0 Å². The summed E-state index contributed by atoms with van der Waals surface area (Å²) in [6, 6.07) is 6.55. The van der Waals surface area contributed by atoms with Crippen molar-refractivity contribution in [3.05, 3.63) is 29.3 Å². The lowest BCUT2D eigenvalue weighted by molar-refractivity contribution is 0.0735. The maximum Gasteiger partial charge on any atom is 0.253 e. The van der Waals surface area contributed by atoms with Gasteiger partial charge in [0, 0.05) is 30.9 Å². The highest BCUT2D eigenvalue weighted by Crippen LogP contribution is 2.26. The normalized spacial score (nSPS) is 18.8. The van der Waals surface area contributed by atoms with E-state index in [4.69, 9.17) is 0 Å². The minimum Gasteiger partial charge on any atom is -0.385 e. The largest absolute Gasteiger partial charge is 0.385 e. The van der Waals surface area contributed by atoms with E-state index in [9.17, 15) is 4.79 Å². The number of nitrogens with one attached hydrogen (secondary N) is 1. The number of amides is 1. The van der Waals surface area contributed by atoms with E-state index in [1.54, 1.807) is 0 Å². The summed E-state index contributed by atoms with van der Waals surface area (Å²) < 4.78 is 0. The first kappa shape index (κ1) is 12.5. The molecule has 1 saturated carbocycles. The summed E-state index contributed by atoms with van der Waals surface area (Å²) in [5.74, 6) is 0.181. The maximum atomic E-state index is 12.5. The quantitative estimate of drug-likeness (QED) is 0.884. The molecule has 1 aliphatic carbocycles. The molecule has 1 amide bonds. The number of nitrogens with zero attached hydrogens (tertiary/aromatic N) is 1. The van der Waals surface area contributed by atoms with Crippen molar-refractivity contribution in [1.82, 2.24) is 4.90 Å². The highest BCUT2D eigenvalue weighted by atomic mass is 16.2. The van der Waals surface area contributed by atoms with E-state index in [0.29, 0.717) is 6.04 Å². The molecule has 3 nitrogen and oxygen atoms in total. The van der Waals surface area contributed by atoms with Crippen molar-refractivity contribution < 1.29 is 4.79 Å². The standard InChI is InChI=1S/C16H22N2O/c1-18(14-6-2-3-7-14)16(19)13-8-9-15-12(11-13)5-4-10-17-15/h8-9,11,14,17H,2-7,10H2,1H3. The van der Waals surface area contributed by atoms with Gasteiger partial charge < -0.3 is 10.2 Å². The molecule has 0 bridgehead atoms. The highest BCUT2D eigenvalue weighted by molar-refractivity contribution is 5.95. The second-order valence-electron chi connectivity index (χ2n) is 5.76. The minimum absolute atomic E-state index is 0.181. The third-order valence-corrected chi connectivity index (χ3v) is 4.48. The van der Waals surface area contributed by atoms with Gasteiger partial charge in [-0.15, -0.1) is 0 Å². The van der Waals surface area contributed by atoms with Gasteiger partial charge in [-0.3, -0.25) is 4.79 Å². The molecule has 1 N–H and O–H groups in total. The minimum atomic E-state index is 0.181. The van der Waals surface area contributed by atoms with Gasteiger partial charge in [0.25, 0.3) is 5.91 Å². The van der Waals surface area contributed by atoms with Crippen molar-refractivity contribution in [1.29, 1.82) is 0 Å². The third-order valence-electron chi connectivity index (χ3n) is 4.48. The van der Waals surface area contributed by atoms with E-state index in [2.05, 4.69) is 17.4 Å². The highest BCUT2D eigenvalue weighted by Gasteiger charge is 2.24. The molecule has 3 rings (SSSR count). The molecule has 1 fully saturated rings. The van der Waals surface area contributed by atoms with E-state index < -0.39 is 0 Å². The van der Waals surface area contributed by atoms with Gasteiger partial charge in [-0.2, -0.15) is 0 Å². The van der Waals surface area contributed by atoms with Crippen molar-refractivity contribution in [2.24, 2.45) is 0 Å². The van der Waals surface area contributed by atoms with Crippen LogP contribution in [0.2, 0.25) is 0 Å². The van der Waals surface area contributed by atoms with Crippen LogP contribution < -0.4 is 5.32 Å². The summed E-state index contributed by atoms with van der Waals surface area (Å²) in [7, 11) is 1.95. The molecule has 0 atom stereocenters. The molecule has 1 aromatic rings. The van der Waals surface area contributed by atoms with Gasteiger partial charge in [0.1, 0.15) is 0 Å². The van der Waals surface area contributed by atoms with Gasteiger partial charge >= 0.3 is 0 Å². The van der Waals surface area contributed by atoms with Crippen LogP contribution in [0.15, 0.2) is 18.2 Å². The van der Waals surface area contributed by atoms with Crippen molar-refractivity contribution in [2.75, 3.05) is 18.9 Å². The number of hydrogen-bond acceptors (Lipinski definition) is 2. The molecule has 3 heteroatoms. The van der Waals surface area contributed by atoms with Crippen molar-refractivity contribution in [3.63, 3.8) is 0 Å². The van der Waals surface area contributed by atoms with E-state index >= 15 is 0 Å². The molecule has 0 aromatic heterocycles. The Morgan fingerprint density at radius 1 is 1.26 bits per heavy atom. The monoisotopic (exact) mass is 258 g/mol. The third kappa shape index (κ3) is 2.46. The predicted octanol–water partition coefficient (Wildman–Crippen LogP) is 3.06. The Balaban J connectivity index is 1.79. The Morgan fingerprint density at radius 2 is 2.05 bits per heavy atom. The molecule has 0 unspecified atom stereocenters. The first-order valence-corrected chi connectivity index (χ1v) is 7.39. The van der Waals surface area contributed by atoms with E-state index in [-0.39, 0.29) is 5.91 Å². The SMILES string of the molecule is CN(C(=O)c1ccc2c(c1)CCCN2)C1CCCC1. The zero-order valence-corrected chi connectivity index (χ0v) is 11.6. The van der Waals surface area contributed by atoms with E-state index in [0.717, 1.165) is 37.8 Å². The summed E-state index contributed by atoms with van der Waals surface area (Å²) in [6.45, 7) is 1.04. The Bertz CT molecular complexity index is 478. The molecule has 0 saturated heterocycles. The van der Waals surface area contributed by atoms with Crippen molar-refractivity contribution in [2.45, 2.75) is 44.6 Å². The molecule has 1 aliphatic heterocycles. The second kappa shape index (κ2) is 5.24. The van der Waals surface area contributed by atoms with Gasteiger partial charge in [-0.25, -0.2) is 0 Å². The summed E-state index contributed by atoms with van der Waals surface area (Å²) in [6.07, 6.45) is 7.08. The average Bonchev–Trinajstić information content (AvgIpc) is 2.99. The molecule has 2 aliphatic rings. The summed E-state index contributed by atoms with van der Waals surface area (Å²) in [4.78, 5) is 14.5. The zero-order chi connectivity index (χ0) is 13.2. The number of aryl methyl sites for hydroxylation is 1. The molecule has 0 spiro atoms. The van der Waals surface area contributed by atoms with Crippen LogP contribution in [-0.2, 0) is 6.42 Å². The molecular formula is C16H22N2O. The lowest BCUT2D eigenvalue weighted by Gasteiger charge is -2.25. The summed E-state index contributed by atoms with van der Waals surface area (Å²) in [5.41, 5.74) is 3.33. The molecule has 19 heavy (non-hydrogen) atoms. The first-order chi connectivity index (χ1) is 9.25. The molecular weight excluding hydrogens is 236 g/mol. The Kier molecular flexibility index (Phi) is 3.45. The second-order valence-corrected chi connectivity index (χ2v) is 5.76. The summed E-state index contributed by atoms with van der Waals surface area (Å²) in [5, 5.41) is 3.39. The molecule has 1 aromatic carbocycles. The number of rotatable bonds is 2. The van der Waals surface area contributed by atoms with Crippen LogP contribution in [0.25, 0.3) is 0 Å². The maximum absolute atomic E-state index is 12.5. The average molecular weight is 258 g/mol. The van der Waals surface area contributed by atoms with E-state index in [1.165, 1.54) is 24.1 Å². The number of carbonyl (C=O) groups excluding carboxylic acids is 1. The number of carbonyl (C=O) groups is 1. The molecule has 102 valence electrons. The number of hydrogen-bond donors (Lipinski definition) is 1. The topological polar surface area (TPSA) is 32.3 Å². The number of fused-ring (bicyclic) bond motifs is 1. The van der Waals surface area contributed by atoms with Crippen molar-refractivity contribution >= 4 is 11.6 Å². The lowest BCUT2D eigenvalue weighted by Crippen LogP contribution is -2.35. The molecule has 0 radical (unpaired) electrons. The van der Waals surface area contributed by atoms with Crippen LogP contribution in [0.1, 0.15) is 48.0 Å². The van der Waals surface area contributed by atoms with E-state index in [1.807, 2.05) is 18.0 Å². The van der Waals surface area contributed by atoms with Gasteiger partial charge in [0.2, 0.25) is 0 Å². The van der Waals surface area contributed by atoms with Crippen LogP contribution in [0.5, 0.6) is 0 Å². The van der Waals surface area contributed by atoms with Gasteiger partial charge in [-0.1, -0.05) is 12.8 Å². The van der Waals surface area contributed by atoms with Gasteiger partial charge in [-0.05, 0) is 49.4 Å². The van der Waals surface area contributed by atoms with Crippen molar-refractivity contribution in [3.8, 4) is 0 Å². The fraction of sp³-hybridized carbons (Fsp3) is 0.562. The smallest absolute Gasteiger partial charge is 0.253 e. The fourth-order valence-corrected chi connectivity index (χ4v) is 3.27.